The number of amides is 1. The van der Waals surface area contributed by atoms with Gasteiger partial charge in [-0.2, -0.15) is 0 Å². The van der Waals surface area contributed by atoms with Crippen molar-refractivity contribution in [2.75, 3.05) is 12.8 Å². The average molecular weight is 215 g/mol. The van der Waals surface area contributed by atoms with Crippen LogP contribution in [0, 0.1) is 0 Å². The molecule has 0 aliphatic rings. The maximum atomic E-state index is 11.2. The number of hydrogen-bond acceptors (Lipinski definition) is 5. The van der Waals surface area contributed by atoms with Crippen molar-refractivity contribution in [2.45, 2.75) is 17.3 Å². The van der Waals surface area contributed by atoms with Gasteiger partial charge in [0.15, 0.2) is 5.16 Å². The van der Waals surface area contributed by atoms with Gasteiger partial charge in [-0.05, 0) is 6.92 Å². The molecule has 1 rings (SSSR count). The number of carbonyl (C=O) groups is 1. The Hall–Kier alpha value is -1.24. The lowest BCUT2D eigenvalue weighted by Crippen LogP contribution is -2.27. The van der Waals surface area contributed by atoms with E-state index in [1.54, 1.807) is 25.6 Å². The Morgan fingerprint density at radius 3 is 2.71 bits per heavy atom. The van der Waals surface area contributed by atoms with E-state index in [4.69, 9.17) is 5.73 Å². The van der Waals surface area contributed by atoms with E-state index in [0.717, 1.165) is 0 Å². The zero-order valence-corrected chi connectivity index (χ0v) is 9.13. The number of nitrogens with zero attached hydrogens (tertiary/aromatic N) is 3. The SMILES string of the molecule is CNC(=O)C(C)Sc1nnc(N)n1C. The molecular weight excluding hydrogens is 202 g/mol. The molecule has 1 amide bonds. The quantitative estimate of drug-likeness (QED) is 0.671. The van der Waals surface area contributed by atoms with E-state index in [1.165, 1.54) is 11.8 Å². The van der Waals surface area contributed by atoms with Crippen LogP contribution >= 0.6 is 11.8 Å². The summed E-state index contributed by atoms with van der Waals surface area (Å²) in [6.45, 7) is 1.80. The molecular formula is C7H13N5OS. The lowest BCUT2D eigenvalue weighted by molar-refractivity contribution is -0.119. The van der Waals surface area contributed by atoms with Gasteiger partial charge in [-0.25, -0.2) is 0 Å². The zero-order chi connectivity index (χ0) is 10.7. The summed E-state index contributed by atoms with van der Waals surface area (Å²) >= 11 is 1.32. The lowest BCUT2D eigenvalue weighted by Gasteiger charge is -2.07. The minimum absolute atomic E-state index is 0.0448. The van der Waals surface area contributed by atoms with Crippen molar-refractivity contribution in [3.63, 3.8) is 0 Å². The Bertz CT molecular complexity index is 337. The fourth-order valence-electron chi connectivity index (χ4n) is 0.844. The first-order chi connectivity index (χ1) is 6.56. The highest BCUT2D eigenvalue weighted by Gasteiger charge is 2.16. The lowest BCUT2D eigenvalue weighted by atomic mass is 10.4. The van der Waals surface area contributed by atoms with Crippen molar-refractivity contribution < 1.29 is 4.79 Å². The second-order valence-electron chi connectivity index (χ2n) is 2.77. The number of aromatic nitrogens is 3. The van der Waals surface area contributed by atoms with Gasteiger partial charge in [-0.3, -0.25) is 9.36 Å². The van der Waals surface area contributed by atoms with Crippen LogP contribution < -0.4 is 11.1 Å². The van der Waals surface area contributed by atoms with Crippen molar-refractivity contribution >= 4 is 23.6 Å². The standard InChI is InChI=1S/C7H13N5OS/c1-4(5(13)9-2)14-7-11-10-6(8)12(7)3/h4H,1-3H3,(H2,8,10)(H,9,13). The third-order valence-corrected chi connectivity index (χ3v) is 2.90. The highest BCUT2D eigenvalue weighted by atomic mass is 32.2. The molecule has 0 aliphatic heterocycles. The van der Waals surface area contributed by atoms with E-state index < -0.39 is 0 Å². The molecule has 0 fully saturated rings. The van der Waals surface area contributed by atoms with Crippen LogP contribution in [-0.4, -0.2) is 33.0 Å². The summed E-state index contributed by atoms with van der Waals surface area (Å²) in [6, 6.07) is 0. The first-order valence-electron chi connectivity index (χ1n) is 4.09. The van der Waals surface area contributed by atoms with Crippen LogP contribution in [0.3, 0.4) is 0 Å². The van der Waals surface area contributed by atoms with Gasteiger partial charge in [0.1, 0.15) is 0 Å². The molecule has 0 spiro atoms. The van der Waals surface area contributed by atoms with Gasteiger partial charge < -0.3 is 11.1 Å². The number of anilines is 1. The van der Waals surface area contributed by atoms with E-state index >= 15 is 0 Å². The zero-order valence-electron chi connectivity index (χ0n) is 8.31. The monoisotopic (exact) mass is 215 g/mol. The normalized spacial score (nSPS) is 12.5. The molecule has 1 heterocycles. The number of hydrogen-bond donors (Lipinski definition) is 2. The summed E-state index contributed by atoms with van der Waals surface area (Å²) in [5.74, 6) is 0.299. The Kier molecular flexibility index (Phi) is 3.34. The number of rotatable bonds is 3. The fraction of sp³-hybridized carbons (Fsp3) is 0.571. The Balaban J connectivity index is 2.69. The molecule has 0 saturated heterocycles. The van der Waals surface area contributed by atoms with Crippen molar-refractivity contribution in [1.82, 2.24) is 20.1 Å². The van der Waals surface area contributed by atoms with E-state index in [-0.39, 0.29) is 11.2 Å². The Labute approximate surface area is 86.3 Å². The highest BCUT2D eigenvalue weighted by molar-refractivity contribution is 8.00. The molecule has 0 bridgehead atoms. The Morgan fingerprint density at radius 2 is 2.29 bits per heavy atom. The predicted molar refractivity (Wildman–Crippen MR) is 54.8 cm³/mol. The second kappa shape index (κ2) is 4.32. The van der Waals surface area contributed by atoms with Crippen LogP contribution in [0.2, 0.25) is 0 Å². The number of nitrogen functional groups attached to an aromatic ring is 1. The van der Waals surface area contributed by atoms with Gasteiger partial charge in [-0.1, -0.05) is 11.8 Å². The van der Waals surface area contributed by atoms with Crippen LogP contribution in [0.5, 0.6) is 0 Å². The molecule has 0 saturated carbocycles. The van der Waals surface area contributed by atoms with Crippen molar-refractivity contribution in [3.8, 4) is 0 Å². The van der Waals surface area contributed by atoms with Crippen LogP contribution in [0.15, 0.2) is 5.16 Å². The first-order valence-corrected chi connectivity index (χ1v) is 4.97. The third kappa shape index (κ3) is 2.16. The van der Waals surface area contributed by atoms with Gasteiger partial charge in [0.25, 0.3) is 0 Å². The number of nitrogens with two attached hydrogens (primary N) is 1. The summed E-state index contributed by atoms with van der Waals surface area (Å²) in [4.78, 5) is 11.2. The smallest absolute Gasteiger partial charge is 0.233 e. The van der Waals surface area contributed by atoms with E-state index in [2.05, 4.69) is 15.5 Å². The second-order valence-corrected chi connectivity index (χ2v) is 4.08. The molecule has 0 aliphatic carbocycles. The summed E-state index contributed by atoms with van der Waals surface area (Å²) in [6.07, 6.45) is 0. The van der Waals surface area contributed by atoms with Crippen LogP contribution in [0.4, 0.5) is 5.95 Å². The molecule has 0 aromatic carbocycles. The molecule has 3 N–H and O–H groups in total. The van der Waals surface area contributed by atoms with Gasteiger partial charge in [0.2, 0.25) is 11.9 Å². The van der Waals surface area contributed by atoms with Crippen molar-refractivity contribution in [1.29, 1.82) is 0 Å². The third-order valence-electron chi connectivity index (χ3n) is 1.77. The fourth-order valence-corrected chi connectivity index (χ4v) is 1.72. The minimum atomic E-state index is -0.206. The molecule has 7 heteroatoms. The summed E-state index contributed by atoms with van der Waals surface area (Å²) in [7, 11) is 3.36. The molecule has 1 aromatic rings. The largest absolute Gasteiger partial charge is 0.368 e. The maximum absolute atomic E-state index is 11.2. The van der Waals surface area contributed by atoms with Crippen LogP contribution in [0.1, 0.15) is 6.92 Å². The first kappa shape index (κ1) is 10.8. The summed E-state index contributed by atoms with van der Waals surface area (Å²) < 4.78 is 1.64. The number of thioether (sulfide) groups is 1. The maximum Gasteiger partial charge on any atom is 0.233 e. The minimum Gasteiger partial charge on any atom is -0.368 e. The summed E-state index contributed by atoms with van der Waals surface area (Å²) in [5.41, 5.74) is 5.50. The summed E-state index contributed by atoms with van der Waals surface area (Å²) in [5, 5.41) is 10.5. The number of nitrogens with one attached hydrogen (secondary N) is 1. The molecule has 78 valence electrons. The molecule has 14 heavy (non-hydrogen) atoms. The number of carbonyl (C=O) groups excluding carboxylic acids is 1. The van der Waals surface area contributed by atoms with Gasteiger partial charge in [0, 0.05) is 14.1 Å². The topological polar surface area (TPSA) is 85.8 Å². The molecule has 0 radical (unpaired) electrons. The van der Waals surface area contributed by atoms with Gasteiger partial charge >= 0.3 is 0 Å². The molecule has 1 aromatic heterocycles. The molecule has 1 atom stereocenters. The van der Waals surface area contributed by atoms with Crippen LogP contribution in [0.25, 0.3) is 0 Å². The molecule has 6 nitrogen and oxygen atoms in total. The van der Waals surface area contributed by atoms with Crippen LogP contribution in [-0.2, 0) is 11.8 Å². The van der Waals surface area contributed by atoms with Gasteiger partial charge in [0.05, 0.1) is 5.25 Å². The van der Waals surface area contributed by atoms with Crippen molar-refractivity contribution in [2.24, 2.45) is 7.05 Å². The molecule has 1 unspecified atom stereocenters. The highest BCUT2D eigenvalue weighted by Crippen LogP contribution is 2.21. The van der Waals surface area contributed by atoms with Gasteiger partial charge in [-0.15, -0.1) is 10.2 Å². The predicted octanol–water partition coefficient (Wildman–Crippen LogP) is -0.376. The Morgan fingerprint density at radius 1 is 1.64 bits per heavy atom. The average Bonchev–Trinajstić information content (AvgIpc) is 2.48. The van der Waals surface area contributed by atoms with E-state index in [1.807, 2.05) is 0 Å². The van der Waals surface area contributed by atoms with Crippen molar-refractivity contribution in [3.05, 3.63) is 0 Å². The van der Waals surface area contributed by atoms with E-state index in [0.29, 0.717) is 11.1 Å². The van der Waals surface area contributed by atoms with E-state index in [9.17, 15) is 4.79 Å².